The summed E-state index contributed by atoms with van der Waals surface area (Å²) in [6.07, 6.45) is 0.347. The van der Waals surface area contributed by atoms with Crippen LogP contribution in [0.3, 0.4) is 0 Å². The molecule has 5 nitrogen and oxygen atoms in total. The van der Waals surface area contributed by atoms with Gasteiger partial charge in [0.2, 0.25) is 5.91 Å². The van der Waals surface area contributed by atoms with Crippen LogP contribution in [0, 0.1) is 20.8 Å². The van der Waals surface area contributed by atoms with Gasteiger partial charge in [0.25, 0.3) is 0 Å². The van der Waals surface area contributed by atoms with Crippen molar-refractivity contribution < 1.29 is 9.21 Å². The van der Waals surface area contributed by atoms with Crippen LogP contribution in [-0.4, -0.2) is 42.0 Å². The molecular weight excluding hydrogens is 370 g/mol. The predicted molar refractivity (Wildman–Crippen MR) is 113 cm³/mol. The third-order valence-electron chi connectivity index (χ3n) is 5.38. The minimum Gasteiger partial charge on any atom is -0.459 e. The molecule has 28 heavy (non-hydrogen) atoms. The van der Waals surface area contributed by atoms with Crippen molar-refractivity contribution >= 4 is 22.9 Å². The van der Waals surface area contributed by atoms with E-state index in [4.69, 9.17) is 4.42 Å². The highest BCUT2D eigenvalue weighted by molar-refractivity contribution is 7.13. The van der Waals surface area contributed by atoms with Crippen LogP contribution in [-0.2, 0) is 11.2 Å². The van der Waals surface area contributed by atoms with E-state index in [1.165, 1.54) is 28.2 Å². The van der Waals surface area contributed by atoms with Gasteiger partial charge in [-0.05, 0) is 50.1 Å². The average Bonchev–Trinajstić information content (AvgIpc) is 3.33. The second-order valence-corrected chi connectivity index (χ2v) is 8.18. The summed E-state index contributed by atoms with van der Waals surface area (Å²) in [5, 5.41) is 2.79. The summed E-state index contributed by atoms with van der Waals surface area (Å²) >= 11 is 1.52. The van der Waals surface area contributed by atoms with Crippen molar-refractivity contribution in [3.63, 3.8) is 0 Å². The Labute approximate surface area is 169 Å². The smallest absolute Gasteiger partial charge is 0.228 e. The summed E-state index contributed by atoms with van der Waals surface area (Å²) in [4.78, 5) is 21.6. The first-order valence-electron chi connectivity index (χ1n) is 9.61. The molecule has 0 spiro atoms. The van der Waals surface area contributed by atoms with Crippen LogP contribution >= 0.6 is 11.3 Å². The zero-order valence-electron chi connectivity index (χ0n) is 16.6. The number of amides is 1. The van der Waals surface area contributed by atoms with E-state index >= 15 is 0 Å². The molecule has 2 aromatic heterocycles. The number of aryl methyl sites for hydroxylation is 2. The molecule has 3 aromatic rings. The molecule has 0 N–H and O–H groups in total. The molecule has 1 saturated heterocycles. The molecule has 1 fully saturated rings. The summed E-state index contributed by atoms with van der Waals surface area (Å²) in [6, 6.07) is 10.3. The minimum absolute atomic E-state index is 0.146. The molecule has 1 aliphatic heterocycles. The standard InChI is InChI=1S/C22H25N3O2S/c1-15-5-4-6-19(17(15)3)24-9-11-25(12-10-24)21(26)13-18-14-28-22(23-18)20-8-7-16(2)27-20/h4-8,14H,9-13H2,1-3H3. The van der Waals surface area contributed by atoms with Gasteiger partial charge in [-0.1, -0.05) is 12.1 Å². The van der Waals surface area contributed by atoms with Gasteiger partial charge in [0.15, 0.2) is 10.8 Å². The van der Waals surface area contributed by atoms with Crippen LogP contribution < -0.4 is 4.90 Å². The normalized spacial score (nSPS) is 14.5. The fraction of sp³-hybridized carbons (Fsp3) is 0.364. The number of piperazine rings is 1. The van der Waals surface area contributed by atoms with E-state index in [-0.39, 0.29) is 5.91 Å². The number of thiazole rings is 1. The van der Waals surface area contributed by atoms with Crippen molar-refractivity contribution in [3.8, 4) is 10.8 Å². The molecule has 4 rings (SSSR count). The number of carbonyl (C=O) groups excluding carboxylic acids is 1. The molecule has 0 radical (unpaired) electrons. The SMILES string of the molecule is Cc1ccc(-c2nc(CC(=O)N3CCN(c4cccc(C)c4C)CC3)cs2)o1. The number of nitrogens with zero attached hydrogens (tertiary/aromatic N) is 3. The highest BCUT2D eigenvalue weighted by Crippen LogP contribution is 2.26. The lowest BCUT2D eigenvalue weighted by Gasteiger charge is -2.37. The van der Waals surface area contributed by atoms with Gasteiger partial charge in [0.05, 0.1) is 12.1 Å². The van der Waals surface area contributed by atoms with Crippen LogP contribution in [0.1, 0.15) is 22.6 Å². The first-order chi connectivity index (χ1) is 13.5. The summed E-state index contributed by atoms with van der Waals surface area (Å²) in [6.45, 7) is 9.46. The molecule has 1 amide bonds. The van der Waals surface area contributed by atoms with Crippen molar-refractivity contribution in [2.75, 3.05) is 31.1 Å². The van der Waals surface area contributed by atoms with Gasteiger partial charge in [0, 0.05) is 37.2 Å². The largest absolute Gasteiger partial charge is 0.459 e. The number of benzene rings is 1. The number of anilines is 1. The van der Waals surface area contributed by atoms with Gasteiger partial charge < -0.3 is 14.2 Å². The van der Waals surface area contributed by atoms with Crippen molar-refractivity contribution in [1.82, 2.24) is 9.88 Å². The summed E-state index contributed by atoms with van der Waals surface area (Å²) in [7, 11) is 0. The first-order valence-corrected chi connectivity index (χ1v) is 10.5. The maximum atomic E-state index is 12.7. The molecule has 3 heterocycles. The third-order valence-corrected chi connectivity index (χ3v) is 6.29. The quantitative estimate of drug-likeness (QED) is 0.664. The van der Waals surface area contributed by atoms with Crippen LogP contribution in [0.5, 0.6) is 0 Å². The second-order valence-electron chi connectivity index (χ2n) is 7.32. The van der Waals surface area contributed by atoms with Crippen LogP contribution in [0.15, 0.2) is 40.1 Å². The molecule has 146 valence electrons. The lowest BCUT2D eigenvalue weighted by Crippen LogP contribution is -2.49. The maximum Gasteiger partial charge on any atom is 0.228 e. The zero-order valence-corrected chi connectivity index (χ0v) is 17.4. The molecular formula is C22H25N3O2S. The van der Waals surface area contributed by atoms with Crippen molar-refractivity contribution in [3.05, 3.63) is 58.3 Å². The molecule has 0 aliphatic carbocycles. The predicted octanol–water partition coefficient (Wildman–Crippen LogP) is 4.22. The van der Waals surface area contributed by atoms with E-state index in [9.17, 15) is 4.79 Å². The Morgan fingerprint density at radius 3 is 2.61 bits per heavy atom. The van der Waals surface area contributed by atoms with E-state index in [1.807, 2.05) is 29.3 Å². The Bertz CT molecular complexity index is 983. The topological polar surface area (TPSA) is 49.6 Å². The number of carbonyl (C=O) groups is 1. The Hall–Kier alpha value is -2.60. The summed E-state index contributed by atoms with van der Waals surface area (Å²) < 4.78 is 5.62. The molecule has 0 atom stereocenters. The first kappa shape index (κ1) is 18.7. The van der Waals surface area contributed by atoms with E-state index in [2.05, 4.69) is 41.9 Å². The number of furan rings is 1. The van der Waals surface area contributed by atoms with Gasteiger partial charge in [0.1, 0.15) is 5.76 Å². The second kappa shape index (κ2) is 7.80. The fourth-order valence-corrected chi connectivity index (χ4v) is 4.37. The van der Waals surface area contributed by atoms with E-state index in [0.29, 0.717) is 6.42 Å². The molecule has 1 aromatic carbocycles. The minimum atomic E-state index is 0.146. The third kappa shape index (κ3) is 3.83. The lowest BCUT2D eigenvalue weighted by molar-refractivity contribution is -0.130. The van der Waals surface area contributed by atoms with Crippen LogP contribution in [0.2, 0.25) is 0 Å². The Morgan fingerprint density at radius 1 is 1.11 bits per heavy atom. The van der Waals surface area contributed by atoms with Crippen molar-refractivity contribution in [2.24, 2.45) is 0 Å². The van der Waals surface area contributed by atoms with E-state index < -0.39 is 0 Å². The van der Waals surface area contributed by atoms with E-state index in [0.717, 1.165) is 48.4 Å². The van der Waals surface area contributed by atoms with Crippen LogP contribution in [0.25, 0.3) is 10.8 Å². The Balaban J connectivity index is 1.36. The monoisotopic (exact) mass is 395 g/mol. The summed E-state index contributed by atoms with van der Waals surface area (Å²) in [5.41, 5.74) is 4.73. The maximum absolute atomic E-state index is 12.7. The highest BCUT2D eigenvalue weighted by Gasteiger charge is 2.23. The van der Waals surface area contributed by atoms with Crippen molar-refractivity contribution in [2.45, 2.75) is 27.2 Å². The molecule has 6 heteroatoms. The van der Waals surface area contributed by atoms with Gasteiger partial charge >= 0.3 is 0 Å². The van der Waals surface area contributed by atoms with Gasteiger partial charge in [-0.2, -0.15) is 0 Å². The molecule has 1 aliphatic rings. The number of hydrogen-bond donors (Lipinski definition) is 0. The Morgan fingerprint density at radius 2 is 1.89 bits per heavy atom. The zero-order chi connectivity index (χ0) is 19.7. The number of rotatable bonds is 4. The van der Waals surface area contributed by atoms with Crippen molar-refractivity contribution in [1.29, 1.82) is 0 Å². The lowest BCUT2D eigenvalue weighted by atomic mass is 10.1. The van der Waals surface area contributed by atoms with Gasteiger partial charge in [-0.25, -0.2) is 4.98 Å². The molecule has 0 bridgehead atoms. The molecule has 0 unspecified atom stereocenters. The van der Waals surface area contributed by atoms with E-state index in [1.54, 1.807) is 0 Å². The van der Waals surface area contributed by atoms with Crippen LogP contribution in [0.4, 0.5) is 5.69 Å². The Kier molecular flexibility index (Phi) is 5.22. The highest BCUT2D eigenvalue weighted by atomic mass is 32.1. The fourth-order valence-electron chi connectivity index (χ4n) is 3.59. The molecule has 0 saturated carbocycles. The van der Waals surface area contributed by atoms with Gasteiger partial charge in [-0.3, -0.25) is 4.79 Å². The number of aromatic nitrogens is 1. The summed E-state index contributed by atoms with van der Waals surface area (Å²) in [5.74, 6) is 1.78. The van der Waals surface area contributed by atoms with Gasteiger partial charge in [-0.15, -0.1) is 11.3 Å². The average molecular weight is 396 g/mol. The number of hydrogen-bond acceptors (Lipinski definition) is 5.